The van der Waals surface area contributed by atoms with Crippen LogP contribution in [0.4, 0.5) is 4.39 Å². The van der Waals surface area contributed by atoms with Crippen molar-refractivity contribution in [2.24, 2.45) is 11.8 Å². The van der Waals surface area contributed by atoms with Crippen LogP contribution >= 0.6 is 0 Å². The second kappa shape index (κ2) is 10.6. The number of piperidine rings is 1. The van der Waals surface area contributed by atoms with Crippen molar-refractivity contribution in [2.45, 2.75) is 90.4 Å². The van der Waals surface area contributed by atoms with Gasteiger partial charge in [-0.25, -0.2) is 9.37 Å². The monoisotopic (exact) mass is 509 g/mol. The Morgan fingerprint density at radius 2 is 1.95 bits per heavy atom. The molecule has 5 rings (SSSR count). The first-order chi connectivity index (χ1) is 17.7. The van der Waals surface area contributed by atoms with Crippen molar-refractivity contribution in [3.05, 3.63) is 52.9 Å². The van der Waals surface area contributed by atoms with Crippen LogP contribution < -0.4 is 5.32 Å². The molecular formula is C29H40FN5O2. The van der Waals surface area contributed by atoms with Gasteiger partial charge in [0.15, 0.2) is 0 Å². The highest BCUT2D eigenvalue weighted by Crippen LogP contribution is 2.47. The smallest absolute Gasteiger partial charge is 0.225 e. The minimum Gasteiger partial charge on any atom is -0.349 e. The van der Waals surface area contributed by atoms with Crippen molar-refractivity contribution in [3.8, 4) is 0 Å². The quantitative estimate of drug-likeness (QED) is 0.578. The van der Waals surface area contributed by atoms with E-state index in [4.69, 9.17) is 4.98 Å². The van der Waals surface area contributed by atoms with Crippen LogP contribution in [-0.2, 0) is 16.0 Å². The average molecular weight is 510 g/mol. The summed E-state index contributed by atoms with van der Waals surface area (Å²) in [6.45, 7) is 9.09. The third-order valence-electron chi connectivity index (χ3n) is 8.60. The Kier molecular flexibility index (Phi) is 7.39. The van der Waals surface area contributed by atoms with Crippen LogP contribution in [0.5, 0.6) is 0 Å². The van der Waals surface area contributed by atoms with Gasteiger partial charge in [-0.1, -0.05) is 26.0 Å². The minimum atomic E-state index is -0.283. The molecule has 4 atom stereocenters. The van der Waals surface area contributed by atoms with Crippen LogP contribution in [0.3, 0.4) is 0 Å². The number of rotatable bonds is 7. The lowest BCUT2D eigenvalue weighted by molar-refractivity contribution is -0.140. The maximum absolute atomic E-state index is 13.9. The minimum absolute atomic E-state index is 0.0329. The normalized spacial score (nSPS) is 26.3. The zero-order valence-electron chi connectivity index (χ0n) is 22.5. The van der Waals surface area contributed by atoms with Crippen molar-refractivity contribution in [3.63, 3.8) is 0 Å². The predicted molar refractivity (Wildman–Crippen MR) is 140 cm³/mol. The molecule has 2 fully saturated rings. The summed E-state index contributed by atoms with van der Waals surface area (Å²) in [5.74, 6) is 1.11. The number of aromatic amines is 1. The van der Waals surface area contributed by atoms with E-state index in [0.29, 0.717) is 18.0 Å². The van der Waals surface area contributed by atoms with E-state index >= 15 is 0 Å². The van der Waals surface area contributed by atoms with E-state index in [1.807, 2.05) is 26.8 Å². The number of carbonyl (C=O) groups is 2. The molecule has 2 amide bonds. The number of imidazole rings is 1. The van der Waals surface area contributed by atoms with Crippen LogP contribution in [0.15, 0.2) is 24.3 Å². The maximum Gasteiger partial charge on any atom is 0.225 e. The number of carbonyl (C=O) groups excluding carboxylic acids is 2. The number of fused-ring (bicyclic) bond motifs is 3. The molecule has 8 heteroatoms. The van der Waals surface area contributed by atoms with Crippen molar-refractivity contribution < 1.29 is 14.0 Å². The largest absolute Gasteiger partial charge is 0.349 e. The molecule has 2 bridgehead atoms. The molecule has 2 saturated heterocycles. The number of H-pyrrole nitrogens is 1. The molecule has 200 valence electrons. The van der Waals surface area contributed by atoms with Crippen molar-refractivity contribution in [2.75, 3.05) is 13.1 Å². The number of nitrogens with zero attached hydrogens (tertiary/aromatic N) is 3. The van der Waals surface area contributed by atoms with Crippen LogP contribution in [0.2, 0.25) is 0 Å². The summed E-state index contributed by atoms with van der Waals surface area (Å²) in [6.07, 6.45) is 5.97. The second-order valence-electron chi connectivity index (χ2n) is 11.5. The van der Waals surface area contributed by atoms with E-state index < -0.39 is 0 Å². The van der Waals surface area contributed by atoms with Crippen molar-refractivity contribution in [1.82, 2.24) is 25.1 Å². The van der Waals surface area contributed by atoms with Crippen LogP contribution in [0.1, 0.15) is 87.7 Å². The number of aromatic nitrogens is 2. The Balaban J connectivity index is 1.32. The first kappa shape index (κ1) is 25.9. The first-order valence-electron chi connectivity index (χ1n) is 13.9. The van der Waals surface area contributed by atoms with Gasteiger partial charge in [0.05, 0.1) is 17.8 Å². The number of hydrogen-bond donors (Lipinski definition) is 2. The Bertz CT molecular complexity index is 1130. The van der Waals surface area contributed by atoms with Gasteiger partial charge in [0, 0.05) is 50.1 Å². The molecule has 3 unspecified atom stereocenters. The first-order valence-corrected chi connectivity index (χ1v) is 13.9. The Hall–Kier alpha value is -2.74. The van der Waals surface area contributed by atoms with Gasteiger partial charge in [0.1, 0.15) is 11.6 Å². The number of nitrogens with one attached hydrogen (secondary N) is 2. The highest BCUT2D eigenvalue weighted by molar-refractivity contribution is 5.79. The van der Waals surface area contributed by atoms with Gasteiger partial charge in [-0.3, -0.25) is 14.5 Å². The average Bonchev–Trinajstić information content (AvgIpc) is 3.34. The van der Waals surface area contributed by atoms with Gasteiger partial charge in [0.25, 0.3) is 0 Å². The molecular weight excluding hydrogens is 469 g/mol. The van der Waals surface area contributed by atoms with Crippen LogP contribution in [-0.4, -0.2) is 56.8 Å². The third kappa shape index (κ3) is 5.31. The summed E-state index contributed by atoms with van der Waals surface area (Å²) in [4.78, 5) is 38.2. The number of benzene rings is 1. The fourth-order valence-corrected chi connectivity index (χ4v) is 7.08. The summed E-state index contributed by atoms with van der Waals surface area (Å²) in [5.41, 5.74) is 3.08. The molecule has 7 nitrogen and oxygen atoms in total. The number of hydrogen-bond acceptors (Lipinski definition) is 4. The summed E-state index contributed by atoms with van der Waals surface area (Å²) in [5, 5.41) is 3.03. The summed E-state index contributed by atoms with van der Waals surface area (Å²) in [6, 6.07) is 7.28. The fourth-order valence-electron chi connectivity index (χ4n) is 7.08. The van der Waals surface area contributed by atoms with E-state index in [-0.39, 0.29) is 35.6 Å². The molecule has 0 radical (unpaired) electrons. The van der Waals surface area contributed by atoms with Crippen LogP contribution in [0, 0.1) is 24.6 Å². The maximum atomic E-state index is 13.9. The molecule has 0 spiro atoms. The number of aryl methyl sites for hydroxylation is 1. The molecule has 2 aromatic rings. The molecule has 0 aliphatic carbocycles. The third-order valence-corrected chi connectivity index (χ3v) is 8.60. The topological polar surface area (TPSA) is 81.3 Å². The lowest BCUT2D eigenvalue weighted by atomic mass is 9.80. The van der Waals surface area contributed by atoms with E-state index in [1.54, 1.807) is 6.07 Å². The molecule has 37 heavy (non-hydrogen) atoms. The highest BCUT2D eigenvalue weighted by Gasteiger charge is 2.47. The standard InChI is InChI=1S/C29H40FN5O2/c1-17(2)29(37)35-13-11-26-27(32-18(3)31-26)28(35)21-15-23-8-9-24(16-21)34(23)12-10-25(33-19(4)36)20-6-5-7-22(30)14-20/h5-7,14,17,21,23-25,28H,8-13,15-16H2,1-4H3,(H,31,32)(H,33,36)/t21?,23?,24?,25-,28?/m0/s1. The van der Waals surface area contributed by atoms with Gasteiger partial charge in [-0.05, 0) is 62.6 Å². The molecule has 3 aliphatic heterocycles. The van der Waals surface area contributed by atoms with E-state index in [0.717, 1.165) is 68.7 Å². The van der Waals surface area contributed by atoms with Gasteiger partial charge in [-0.15, -0.1) is 0 Å². The predicted octanol–water partition coefficient (Wildman–Crippen LogP) is 4.45. The van der Waals surface area contributed by atoms with Crippen molar-refractivity contribution in [1.29, 1.82) is 0 Å². The van der Waals surface area contributed by atoms with Gasteiger partial charge >= 0.3 is 0 Å². The highest BCUT2D eigenvalue weighted by atomic mass is 19.1. The SMILES string of the molecule is CC(=O)N[C@@H](CCN1C2CCC1CC(C1c3nc(C)[nH]c3CCN1C(=O)C(C)C)C2)c1cccc(F)c1. The second-order valence-corrected chi connectivity index (χ2v) is 11.5. The lowest BCUT2D eigenvalue weighted by Gasteiger charge is -2.46. The molecule has 1 aromatic carbocycles. The number of amides is 2. The summed E-state index contributed by atoms with van der Waals surface area (Å²) >= 11 is 0. The van der Waals surface area contributed by atoms with Crippen LogP contribution in [0.25, 0.3) is 0 Å². The molecule has 2 N–H and O–H groups in total. The fraction of sp³-hybridized carbons (Fsp3) is 0.621. The van der Waals surface area contributed by atoms with E-state index in [2.05, 4.69) is 20.1 Å². The van der Waals surface area contributed by atoms with Crippen molar-refractivity contribution >= 4 is 11.8 Å². The zero-order valence-corrected chi connectivity index (χ0v) is 22.5. The Morgan fingerprint density at radius 3 is 2.59 bits per heavy atom. The van der Waals surface area contributed by atoms with Gasteiger partial charge in [0.2, 0.25) is 11.8 Å². The molecule has 1 aromatic heterocycles. The van der Waals surface area contributed by atoms with E-state index in [1.165, 1.54) is 24.8 Å². The molecule has 3 aliphatic rings. The number of halogens is 1. The Morgan fingerprint density at radius 1 is 1.22 bits per heavy atom. The Labute approximate surface area is 219 Å². The zero-order chi connectivity index (χ0) is 26.3. The summed E-state index contributed by atoms with van der Waals surface area (Å²) in [7, 11) is 0. The lowest BCUT2D eigenvalue weighted by Crippen LogP contribution is -2.50. The van der Waals surface area contributed by atoms with Gasteiger partial charge < -0.3 is 15.2 Å². The molecule has 0 saturated carbocycles. The van der Waals surface area contributed by atoms with E-state index in [9.17, 15) is 14.0 Å². The molecule has 4 heterocycles. The summed E-state index contributed by atoms with van der Waals surface area (Å²) < 4.78 is 13.9. The van der Waals surface area contributed by atoms with Gasteiger partial charge in [-0.2, -0.15) is 0 Å².